The average Bonchev–Trinajstić information content (AvgIpc) is 2.80. The van der Waals surface area contributed by atoms with Gasteiger partial charge in [0.1, 0.15) is 5.82 Å². The number of aromatic nitrogens is 2. The molecule has 0 bridgehead atoms. The molecule has 0 fully saturated rings. The van der Waals surface area contributed by atoms with Gasteiger partial charge in [-0.15, -0.1) is 0 Å². The van der Waals surface area contributed by atoms with Crippen molar-refractivity contribution in [1.82, 2.24) is 9.55 Å². The summed E-state index contributed by atoms with van der Waals surface area (Å²) in [5.41, 5.74) is 1.15. The molecule has 4 nitrogen and oxygen atoms in total. The van der Waals surface area contributed by atoms with Crippen molar-refractivity contribution in [3.05, 3.63) is 54.4 Å². The molecule has 5 heteroatoms. The van der Waals surface area contributed by atoms with Gasteiger partial charge < -0.3 is 9.67 Å². The lowest BCUT2D eigenvalue weighted by molar-refractivity contribution is -0.131. The van der Waals surface area contributed by atoms with Gasteiger partial charge in [-0.3, -0.25) is 0 Å². The number of nitrogens with zero attached hydrogens (tertiary/aromatic N) is 2. The van der Waals surface area contributed by atoms with Crippen molar-refractivity contribution in [2.75, 3.05) is 0 Å². The first-order valence-corrected chi connectivity index (χ1v) is 4.86. The van der Waals surface area contributed by atoms with Gasteiger partial charge in [-0.25, -0.2) is 14.2 Å². The second-order valence-corrected chi connectivity index (χ2v) is 3.34. The summed E-state index contributed by atoms with van der Waals surface area (Å²) in [6.07, 6.45) is 7.17. The third-order valence-electron chi connectivity index (χ3n) is 2.18. The summed E-state index contributed by atoms with van der Waals surface area (Å²) >= 11 is 0. The van der Waals surface area contributed by atoms with E-state index >= 15 is 0 Å². The van der Waals surface area contributed by atoms with Crippen LogP contribution in [0.1, 0.15) is 5.56 Å². The number of rotatable bonds is 3. The fourth-order valence-electron chi connectivity index (χ4n) is 1.46. The van der Waals surface area contributed by atoms with Crippen molar-refractivity contribution in [2.45, 2.75) is 0 Å². The van der Waals surface area contributed by atoms with Gasteiger partial charge in [-0.2, -0.15) is 0 Å². The molecule has 86 valence electrons. The van der Waals surface area contributed by atoms with Crippen LogP contribution in [0.5, 0.6) is 0 Å². The van der Waals surface area contributed by atoms with Gasteiger partial charge >= 0.3 is 5.97 Å². The number of imidazole rings is 1. The largest absolute Gasteiger partial charge is 0.478 e. The van der Waals surface area contributed by atoms with E-state index in [0.717, 1.165) is 6.08 Å². The van der Waals surface area contributed by atoms with Gasteiger partial charge in [0, 0.05) is 24.0 Å². The Hall–Kier alpha value is -2.43. The molecule has 0 aliphatic heterocycles. The summed E-state index contributed by atoms with van der Waals surface area (Å²) in [6.45, 7) is 0. The van der Waals surface area contributed by atoms with Crippen molar-refractivity contribution < 1.29 is 14.3 Å². The normalized spacial score (nSPS) is 10.9. The molecule has 0 atom stereocenters. The summed E-state index contributed by atoms with van der Waals surface area (Å²) in [4.78, 5) is 14.3. The number of benzene rings is 1. The Morgan fingerprint density at radius 3 is 2.94 bits per heavy atom. The highest BCUT2D eigenvalue weighted by Gasteiger charge is 2.03. The van der Waals surface area contributed by atoms with Crippen LogP contribution in [0.25, 0.3) is 11.8 Å². The molecule has 2 rings (SSSR count). The first-order chi connectivity index (χ1) is 8.16. The summed E-state index contributed by atoms with van der Waals surface area (Å²) < 4.78 is 14.8. The third-order valence-corrected chi connectivity index (χ3v) is 2.18. The zero-order valence-electron chi connectivity index (χ0n) is 8.75. The van der Waals surface area contributed by atoms with Crippen LogP contribution in [-0.4, -0.2) is 20.6 Å². The molecule has 0 amide bonds. The van der Waals surface area contributed by atoms with E-state index in [1.807, 2.05) is 0 Å². The Bertz CT molecular complexity index is 562. The second-order valence-electron chi connectivity index (χ2n) is 3.34. The molecule has 0 saturated carbocycles. The number of hydrogen-bond donors (Lipinski definition) is 1. The Morgan fingerprint density at radius 2 is 2.29 bits per heavy atom. The average molecular weight is 232 g/mol. The first kappa shape index (κ1) is 11.1. The lowest BCUT2D eigenvalue weighted by Gasteiger charge is -2.06. The van der Waals surface area contributed by atoms with Gasteiger partial charge in [0.2, 0.25) is 0 Å². The maximum Gasteiger partial charge on any atom is 0.328 e. The van der Waals surface area contributed by atoms with E-state index in [9.17, 15) is 9.18 Å². The predicted octanol–water partition coefficient (Wildman–Crippen LogP) is 2.11. The predicted molar refractivity (Wildman–Crippen MR) is 60.2 cm³/mol. The van der Waals surface area contributed by atoms with Crippen LogP contribution < -0.4 is 0 Å². The van der Waals surface area contributed by atoms with Crippen LogP contribution >= 0.6 is 0 Å². The highest BCUT2D eigenvalue weighted by Crippen LogP contribution is 2.17. The van der Waals surface area contributed by atoms with Crippen LogP contribution in [-0.2, 0) is 4.79 Å². The summed E-state index contributed by atoms with van der Waals surface area (Å²) in [7, 11) is 0. The van der Waals surface area contributed by atoms with Crippen LogP contribution in [0.3, 0.4) is 0 Å². The molecule has 1 aromatic carbocycles. The van der Waals surface area contributed by atoms with E-state index in [0.29, 0.717) is 11.3 Å². The minimum Gasteiger partial charge on any atom is -0.478 e. The highest BCUT2D eigenvalue weighted by atomic mass is 19.1. The maximum absolute atomic E-state index is 13.1. The molecule has 1 N–H and O–H groups in total. The van der Waals surface area contributed by atoms with Gasteiger partial charge in [0.25, 0.3) is 0 Å². The molecule has 0 unspecified atom stereocenters. The molecular formula is C12H9FN2O2. The van der Waals surface area contributed by atoms with Crippen molar-refractivity contribution in [3.63, 3.8) is 0 Å². The maximum atomic E-state index is 13.1. The van der Waals surface area contributed by atoms with E-state index in [4.69, 9.17) is 5.11 Å². The van der Waals surface area contributed by atoms with Crippen molar-refractivity contribution >= 4 is 12.0 Å². The topological polar surface area (TPSA) is 55.1 Å². The Morgan fingerprint density at radius 1 is 1.47 bits per heavy atom. The monoisotopic (exact) mass is 232 g/mol. The zero-order valence-corrected chi connectivity index (χ0v) is 8.75. The number of carboxylic acid groups (broad SMARTS) is 1. The zero-order chi connectivity index (χ0) is 12.3. The van der Waals surface area contributed by atoms with E-state index in [1.165, 1.54) is 18.2 Å². The van der Waals surface area contributed by atoms with Crippen molar-refractivity contribution in [1.29, 1.82) is 0 Å². The SMILES string of the molecule is O=C(O)/C=C/c1cc(F)ccc1-n1ccnc1. The van der Waals surface area contributed by atoms with E-state index in [1.54, 1.807) is 29.4 Å². The molecule has 17 heavy (non-hydrogen) atoms. The van der Waals surface area contributed by atoms with E-state index < -0.39 is 11.8 Å². The lowest BCUT2D eigenvalue weighted by atomic mass is 10.1. The van der Waals surface area contributed by atoms with Gasteiger partial charge in [0.15, 0.2) is 0 Å². The Labute approximate surface area is 96.7 Å². The van der Waals surface area contributed by atoms with Crippen LogP contribution in [0.2, 0.25) is 0 Å². The van der Waals surface area contributed by atoms with Gasteiger partial charge in [-0.1, -0.05) is 0 Å². The van der Waals surface area contributed by atoms with Crippen molar-refractivity contribution in [3.8, 4) is 5.69 Å². The van der Waals surface area contributed by atoms with Crippen LogP contribution in [0.15, 0.2) is 43.0 Å². The fraction of sp³-hybridized carbons (Fsp3) is 0. The smallest absolute Gasteiger partial charge is 0.328 e. The van der Waals surface area contributed by atoms with Gasteiger partial charge in [0.05, 0.1) is 12.0 Å². The summed E-state index contributed by atoms with van der Waals surface area (Å²) in [5.74, 6) is -1.50. The molecule has 1 aromatic heterocycles. The molecule has 1 heterocycles. The molecular weight excluding hydrogens is 223 g/mol. The minimum atomic E-state index is -1.08. The number of carboxylic acids is 1. The lowest BCUT2D eigenvalue weighted by Crippen LogP contribution is -1.95. The van der Waals surface area contributed by atoms with Crippen molar-refractivity contribution in [2.24, 2.45) is 0 Å². The number of hydrogen-bond acceptors (Lipinski definition) is 2. The second kappa shape index (κ2) is 4.61. The summed E-state index contributed by atoms with van der Waals surface area (Å²) in [6, 6.07) is 4.15. The van der Waals surface area contributed by atoms with E-state index in [-0.39, 0.29) is 0 Å². The minimum absolute atomic E-state index is 0.418. The number of halogens is 1. The molecule has 0 spiro atoms. The first-order valence-electron chi connectivity index (χ1n) is 4.86. The van der Waals surface area contributed by atoms with E-state index in [2.05, 4.69) is 4.98 Å². The molecule has 0 aliphatic rings. The fourth-order valence-corrected chi connectivity index (χ4v) is 1.46. The van der Waals surface area contributed by atoms with Crippen LogP contribution in [0.4, 0.5) is 4.39 Å². The molecule has 2 aromatic rings. The molecule has 0 saturated heterocycles. The molecule has 0 radical (unpaired) electrons. The third kappa shape index (κ3) is 2.57. The number of carbonyl (C=O) groups is 1. The quantitative estimate of drug-likeness (QED) is 0.824. The Kier molecular flexibility index (Phi) is 3.00. The highest BCUT2D eigenvalue weighted by molar-refractivity contribution is 5.86. The molecule has 0 aliphatic carbocycles. The summed E-state index contributed by atoms with van der Waals surface area (Å²) in [5, 5.41) is 8.57. The number of aliphatic carboxylic acids is 1. The Balaban J connectivity index is 2.48. The van der Waals surface area contributed by atoms with Gasteiger partial charge in [-0.05, 0) is 24.3 Å². The van der Waals surface area contributed by atoms with Crippen LogP contribution in [0, 0.1) is 5.82 Å². The standard InChI is InChI=1S/C12H9FN2O2/c13-10-2-3-11(15-6-5-14-8-15)9(7-10)1-4-12(16)17/h1-8H,(H,16,17)/b4-1+.